The minimum Gasteiger partial charge on any atom is -0.326 e. The summed E-state index contributed by atoms with van der Waals surface area (Å²) in [5, 5.41) is 3.31. The van der Waals surface area contributed by atoms with Crippen LogP contribution in [0.3, 0.4) is 0 Å². The van der Waals surface area contributed by atoms with Crippen molar-refractivity contribution < 1.29 is 9.18 Å². The number of carbonyl (C=O) groups excluding carboxylic acids is 1. The Balaban J connectivity index is 1.88. The van der Waals surface area contributed by atoms with E-state index in [1.807, 2.05) is 18.2 Å². The summed E-state index contributed by atoms with van der Waals surface area (Å²) in [6, 6.07) is 13.2. The molecule has 1 N–H and O–H groups in total. The second kappa shape index (κ2) is 6.34. The van der Waals surface area contributed by atoms with Crippen LogP contribution in [-0.4, -0.2) is 5.91 Å². The molecule has 0 radical (unpaired) electrons. The zero-order chi connectivity index (χ0) is 13.7. The summed E-state index contributed by atoms with van der Waals surface area (Å²) < 4.78 is 12.9. The van der Waals surface area contributed by atoms with Crippen molar-refractivity contribution in [2.75, 3.05) is 5.32 Å². The molecule has 0 aromatic heterocycles. The number of hydrogen-bond acceptors (Lipinski definition) is 1. The van der Waals surface area contributed by atoms with Gasteiger partial charge in [-0.1, -0.05) is 29.8 Å². The summed E-state index contributed by atoms with van der Waals surface area (Å²) in [6.45, 7) is 0. The molecule has 0 atom stereocenters. The van der Waals surface area contributed by atoms with E-state index in [4.69, 9.17) is 11.6 Å². The van der Waals surface area contributed by atoms with E-state index in [-0.39, 0.29) is 11.7 Å². The van der Waals surface area contributed by atoms with Gasteiger partial charge in [0.2, 0.25) is 5.91 Å². The molecule has 1 amide bonds. The van der Waals surface area contributed by atoms with Crippen LogP contribution in [0.1, 0.15) is 12.0 Å². The molecule has 0 heterocycles. The second-order valence-electron chi connectivity index (χ2n) is 4.19. The Morgan fingerprint density at radius 1 is 1.16 bits per heavy atom. The lowest BCUT2D eigenvalue weighted by atomic mass is 10.1. The van der Waals surface area contributed by atoms with Gasteiger partial charge in [0.15, 0.2) is 0 Å². The van der Waals surface area contributed by atoms with Gasteiger partial charge in [0.05, 0.1) is 0 Å². The summed E-state index contributed by atoms with van der Waals surface area (Å²) in [5.41, 5.74) is 1.47. The van der Waals surface area contributed by atoms with Gasteiger partial charge in [-0.25, -0.2) is 4.39 Å². The first-order valence-electron chi connectivity index (χ1n) is 5.93. The van der Waals surface area contributed by atoms with E-state index in [2.05, 4.69) is 5.32 Å². The maximum atomic E-state index is 12.9. The van der Waals surface area contributed by atoms with Gasteiger partial charge in [-0.15, -0.1) is 0 Å². The lowest BCUT2D eigenvalue weighted by Crippen LogP contribution is -2.12. The maximum absolute atomic E-state index is 12.9. The largest absolute Gasteiger partial charge is 0.326 e. The Morgan fingerprint density at radius 2 is 1.95 bits per heavy atom. The van der Waals surface area contributed by atoms with Crippen molar-refractivity contribution in [3.05, 3.63) is 64.9 Å². The van der Waals surface area contributed by atoms with Crippen LogP contribution in [-0.2, 0) is 11.2 Å². The molecule has 0 aliphatic carbocycles. The Morgan fingerprint density at radius 3 is 2.68 bits per heavy atom. The van der Waals surface area contributed by atoms with Crippen LogP contribution in [0.4, 0.5) is 10.1 Å². The zero-order valence-electron chi connectivity index (χ0n) is 10.2. The van der Waals surface area contributed by atoms with Crippen molar-refractivity contribution in [1.29, 1.82) is 0 Å². The Hall–Kier alpha value is -1.87. The van der Waals surface area contributed by atoms with Crippen LogP contribution >= 0.6 is 11.6 Å². The molecular weight excluding hydrogens is 265 g/mol. The molecule has 0 saturated carbocycles. The number of rotatable bonds is 4. The molecule has 0 aliphatic rings. The number of carbonyl (C=O) groups is 1. The lowest BCUT2D eigenvalue weighted by Gasteiger charge is -2.05. The predicted octanol–water partition coefficient (Wildman–Crippen LogP) is 4.05. The Bertz CT molecular complexity index is 586. The van der Waals surface area contributed by atoms with Gasteiger partial charge in [0.1, 0.15) is 5.82 Å². The van der Waals surface area contributed by atoms with Crippen molar-refractivity contribution in [2.45, 2.75) is 12.8 Å². The zero-order valence-corrected chi connectivity index (χ0v) is 11.0. The first-order chi connectivity index (χ1) is 9.13. The third kappa shape index (κ3) is 4.38. The number of anilines is 1. The summed E-state index contributed by atoms with van der Waals surface area (Å²) in [7, 11) is 0. The maximum Gasteiger partial charge on any atom is 0.224 e. The quantitative estimate of drug-likeness (QED) is 0.897. The fourth-order valence-corrected chi connectivity index (χ4v) is 1.95. The van der Waals surface area contributed by atoms with Gasteiger partial charge in [-0.3, -0.25) is 4.79 Å². The highest BCUT2D eigenvalue weighted by molar-refractivity contribution is 6.30. The van der Waals surface area contributed by atoms with E-state index in [1.54, 1.807) is 18.2 Å². The molecule has 2 rings (SSSR count). The van der Waals surface area contributed by atoms with Gasteiger partial charge < -0.3 is 5.32 Å². The van der Waals surface area contributed by atoms with Crippen LogP contribution in [0.5, 0.6) is 0 Å². The molecule has 2 aromatic rings. The summed E-state index contributed by atoms with van der Waals surface area (Å²) in [4.78, 5) is 11.7. The fraction of sp³-hybridized carbons (Fsp3) is 0.133. The Labute approximate surface area is 116 Å². The van der Waals surface area contributed by atoms with Gasteiger partial charge in [-0.2, -0.15) is 0 Å². The lowest BCUT2D eigenvalue weighted by molar-refractivity contribution is -0.116. The molecule has 0 unspecified atom stereocenters. The van der Waals surface area contributed by atoms with Crippen molar-refractivity contribution >= 4 is 23.2 Å². The van der Waals surface area contributed by atoms with Crippen molar-refractivity contribution in [2.24, 2.45) is 0 Å². The van der Waals surface area contributed by atoms with Crippen molar-refractivity contribution in [3.8, 4) is 0 Å². The van der Waals surface area contributed by atoms with Crippen LogP contribution < -0.4 is 5.32 Å². The molecule has 0 fully saturated rings. The molecule has 19 heavy (non-hydrogen) atoms. The smallest absolute Gasteiger partial charge is 0.224 e. The van der Waals surface area contributed by atoms with Crippen molar-refractivity contribution in [3.63, 3.8) is 0 Å². The van der Waals surface area contributed by atoms with E-state index in [0.717, 1.165) is 5.56 Å². The fourth-order valence-electron chi connectivity index (χ4n) is 1.74. The molecule has 98 valence electrons. The minimum absolute atomic E-state index is 0.148. The summed E-state index contributed by atoms with van der Waals surface area (Å²) >= 11 is 5.87. The minimum atomic E-state index is -0.368. The SMILES string of the molecule is O=C(CCc1cccc(Cl)c1)Nc1cccc(F)c1. The molecule has 4 heteroatoms. The highest BCUT2D eigenvalue weighted by Crippen LogP contribution is 2.13. The third-order valence-corrected chi connectivity index (χ3v) is 2.87. The third-order valence-electron chi connectivity index (χ3n) is 2.64. The van der Waals surface area contributed by atoms with E-state index in [9.17, 15) is 9.18 Å². The van der Waals surface area contributed by atoms with E-state index < -0.39 is 0 Å². The molecular formula is C15H13ClFNO. The number of hydrogen-bond donors (Lipinski definition) is 1. The number of halogens is 2. The number of nitrogens with one attached hydrogen (secondary N) is 1. The van der Waals surface area contributed by atoms with Gasteiger partial charge in [-0.05, 0) is 42.3 Å². The molecule has 0 spiro atoms. The monoisotopic (exact) mass is 277 g/mol. The van der Waals surface area contributed by atoms with Crippen molar-refractivity contribution in [1.82, 2.24) is 0 Å². The molecule has 2 aromatic carbocycles. The average Bonchev–Trinajstić information content (AvgIpc) is 2.36. The van der Waals surface area contributed by atoms with Gasteiger partial charge >= 0.3 is 0 Å². The molecule has 0 saturated heterocycles. The number of aryl methyl sites for hydroxylation is 1. The summed E-state index contributed by atoms with van der Waals surface area (Å²) in [6.07, 6.45) is 0.929. The van der Waals surface area contributed by atoms with Gasteiger partial charge in [0, 0.05) is 17.1 Å². The number of benzene rings is 2. The normalized spacial score (nSPS) is 10.2. The van der Waals surface area contributed by atoms with E-state index >= 15 is 0 Å². The van der Waals surface area contributed by atoms with Crippen LogP contribution in [0, 0.1) is 5.82 Å². The topological polar surface area (TPSA) is 29.1 Å². The summed E-state index contributed by atoms with van der Waals surface area (Å²) in [5.74, 6) is -0.516. The van der Waals surface area contributed by atoms with Gasteiger partial charge in [0.25, 0.3) is 0 Å². The Kier molecular flexibility index (Phi) is 4.53. The molecule has 0 aliphatic heterocycles. The average molecular weight is 278 g/mol. The standard InChI is InChI=1S/C15H13ClFNO/c16-12-4-1-3-11(9-12)7-8-15(19)18-14-6-2-5-13(17)10-14/h1-6,9-10H,7-8H2,(H,18,19). The van der Waals surface area contributed by atoms with E-state index in [1.165, 1.54) is 12.1 Å². The highest BCUT2D eigenvalue weighted by atomic mass is 35.5. The van der Waals surface area contributed by atoms with Crippen LogP contribution in [0.25, 0.3) is 0 Å². The van der Waals surface area contributed by atoms with E-state index in [0.29, 0.717) is 23.6 Å². The molecule has 2 nitrogen and oxygen atoms in total. The predicted molar refractivity (Wildman–Crippen MR) is 74.8 cm³/mol. The molecule has 0 bridgehead atoms. The first-order valence-corrected chi connectivity index (χ1v) is 6.31. The first kappa shape index (κ1) is 13.6. The van der Waals surface area contributed by atoms with Crippen LogP contribution in [0.2, 0.25) is 5.02 Å². The highest BCUT2D eigenvalue weighted by Gasteiger charge is 2.04. The van der Waals surface area contributed by atoms with Crippen LogP contribution in [0.15, 0.2) is 48.5 Å². The second-order valence-corrected chi connectivity index (χ2v) is 4.62. The number of amides is 1.